The molecule has 0 aromatic carbocycles. The van der Waals surface area contributed by atoms with Crippen molar-refractivity contribution in [3.63, 3.8) is 0 Å². The second kappa shape index (κ2) is 2.94. The SMILES string of the molecule is CCC(C)(O)C(=O)C(C)(C)C. The first-order valence-corrected chi connectivity index (χ1v) is 3.99. The van der Waals surface area contributed by atoms with Crippen LogP contribution in [0.3, 0.4) is 0 Å². The van der Waals surface area contributed by atoms with E-state index in [4.69, 9.17) is 0 Å². The van der Waals surface area contributed by atoms with Gasteiger partial charge in [-0.2, -0.15) is 0 Å². The first-order chi connectivity index (χ1) is 4.72. The highest BCUT2D eigenvalue weighted by Gasteiger charge is 2.36. The summed E-state index contributed by atoms with van der Waals surface area (Å²) >= 11 is 0. The van der Waals surface area contributed by atoms with Crippen molar-refractivity contribution < 1.29 is 9.90 Å². The number of aliphatic hydroxyl groups is 1. The summed E-state index contributed by atoms with van der Waals surface area (Å²) in [7, 11) is 0. The minimum atomic E-state index is -1.15. The Labute approximate surface area is 68.6 Å². The van der Waals surface area contributed by atoms with Gasteiger partial charge in [-0.1, -0.05) is 27.7 Å². The van der Waals surface area contributed by atoms with Gasteiger partial charge < -0.3 is 5.11 Å². The fourth-order valence-electron chi connectivity index (χ4n) is 0.968. The molecular weight excluding hydrogens is 140 g/mol. The van der Waals surface area contributed by atoms with Crippen LogP contribution in [0.25, 0.3) is 0 Å². The van der Waals surface area contributed by atoms with Crippen molar-refractivity contribution >= 4 is 5.78 Å². The molecule has 0 aromatic rings. The monoisotopic (exact) mass is 158 g/mol. The average Bonchev–Trinajstić information content (AvgIpc) is 1.84. The number of rotatable bonds is 2. The van der Waals surface area contributed by atoms with Crippen LogP contribution in [0, 0.1) is 5.41 Å². The summed E-state index contributed by atoms with van der Waals surface area (Å²) < 4.78 is 0. The van der Waals surface area contributed by atoms with Crippen molar-refractivity contribution in [3.8, 4) is 0 Å². The Morgan fingerprint density at radius 3 is 1.73 bits per heavy atom. The van der Waals surface area contributed by atoms with E-state index in [2.05, 4.69) is 0 Å². The molecule has 0 spiro atoms. The van der Waals surface area contributed by atoms with E-state index in [0.717, 1.165) is 0 Å². The van der Waals surface area contributed by atoms with Gasteiger partial charge in [-0.3, -0.25) is 4.79 Å². The van der Waals surface area contributed by atoms with Crippen molar-refractivity contribution in [3.05, 3.63) is 0 Å². The maximum absolute atomic E-state index is 11.5. The molecule has 0 radical (unpaired) electrons. The van der Waals surface area contributed by atoms with Crippen molar-refractivity contribution in [2.45, 2.75) is 46.6 Å². The zero-order valence-corrected chi connectivity index (χ0v) is 8.06. The summed E-state index contributed by atoms with van der Waals surface area (Å²) in [5, 5.41) is 9.58. The van der Waals surface area contributed by atoms with Crippen LogP contribution >= 0.6 is 0 Å². The van der Waals surface area contributed by atoms with E-state index in [9.17, 15) is 9.90 Å². The van der Waals surface area contributed by atoms with Crippen LogP contribution in [0.1, 0.15) is 41.0 Å². The zero-order chi connectivity index (χ0) is 9.28. The number of carbonyl (C=O) groups excluding carboxylic acids is 1. The minimum Gasteiger partial charge on any atom is -0.382 e. The molecule has 0 amide bonds. The molecule has 1 unspecified atom stereocenters. The molecule has 1 N–H and O–H groups in total. The van der Waals surface area contributed by atoms with Gasteiger partial charge in [-0.05, 0) is 13.3 Å². The highest BCUT2D eigenvalue weighted by atomic mass is 16.3. The quantitative estimate of drug-likeness (QED) is 0.665. The number of hydrogen-bond acceptors (Lipinski definition) is 2. The van der Waals surface area contributed by atoms with E-state index in [1.807, 2.05) is 27.7 Å². The Balaban J connectivity index is 4.50. The molecule has 0 fully saturated rings. The molecule has 0 saturated heterocycles. The summed E-state index contributed by atoms with van der Waals surface area (Å²) in [6.45, 7) is 8.84. The summed E-state index contributed by atoms with van der Waals surface area (Å²) in [5.74, 6) is -0.0903. The summed E-state index contributed by atoms with van der Waals surface area (Å²) in [4.78, 5) is 11.5. The molecule has 0 aromatic heterocycles. The molecule has 1 atom stereocenters. The van der Waals surface area contributed by atoms with Crippen LogP contribution in [0.2, 0.25) is 0 Å². The van der Waals surface area contributed by atoms with Crippen molar-refractivity contribution in [2.75, 3.05) is 0 Å². The zero-order valence-electron chi connectivity index (χ0n) is 8.06. The lowest BCUT2D eigenvalue weighted by atomic mass is 9.80. The van der Waals surface area contributed by atoms with Crippen LogP contribution in [-0.2, 0) is 4.79 Å². The maximum atomic E-state index is 11.5. The second-order valence-electron chi connectivity index (χ2n) is 4.21. The van der Waals surface area contributed by atoms with Gasteiger partial charge in [-0.15, -0.1) is 0 Å². The molecule has 0 heterocycles. The van der Waals surface area contributed by atoms with E-state index in [0.29, 0.717) is 6.42 Å². The van der Waals surface area contributed by atoms with Gasteiger partial charge in [0.05, 0.1) is 0 Å². The lowest BCUT2D eigenvalue weighted by Crippen LogP contribution is -2.42. The highest BCUT2D eigenvalue weighted by Crippen LogP contribution is 2.24. The van der Waals surface area contributed by atoms with Gasteiger partial charge in [0, 0.05) is 5.41 Å². The van der Waals surface area contributed by atoms with Crippen molar-refractivity contribution in [1.29, 1.82) is 0 Å². The molecule has 2 nitrogen and oxygen atoms in total. The lowest BCUT2D eigenvalue weighted by molar-refractivity contribution is -0.144. The van der Waals surface area contributed by atoms with Crippen LogP contribution in [0.4, 0.5) is 0 Å². The van der Waals surface area contributed by atoms with Crippen molar-refractivity contribution in [2.24, 2.45) is 5.41 Å². The molecule has 0 rings (SSSR count). The molecular formula is C9H18O2. The predicted octanol–water partition coefficient (Wildman–Crippen LogP) is 1.76. The van der Waals surface area contributed by atoms with Gasteiger partial charge in [0.1, 0.15) is 5.60 Å². The van der Waals surface area contributed by atoms with Gasteiger partial charge in [0.15, 0.2) is 5.78 Å². The molecule has 0 saturated carbocycles. The third-order valence-corrected chi connectivity index (χ3v) is 1.86. The van der Waals surface area contributed by atoms with Gasteiger partial charge in [0.25, 0.3) is 0 Å². The Morgan fingerprint density at radius 1 is 1.27 bits per heavy atom. The van der Waals surface area contributed by atoms with E-state index >= 15 is 0 Å². The van der Waals surface area contributed by atoms with Crippen LogP contribution in [0.15, 0.2) is 0 Å². The Kier molecular flexibility index (Phi) is 2.84. The van der Waals surface area contributed by atoms with E-state index in [1.54, 1.807) is 6.92 Å². The predicted molar refractivity (Wildman–Crippen MR) is 45.4 cm³/mol. The largest absolute Gasteiger partial charge is 0.382 e. The lowest BCUT2D eigenvalue weighted by Gasteiger charge is -2.28. The molecule has 2 heteroatoms. The summed E-state index contributed by atoms with van der Waals surface area (Å²) in [5.41, 5.74) is -1.60. The topological polar surface area (TPSA) is 37.3 Å². The molecule has 0 aliphatic heterocycles. The van der Waals surface area contributed by atoms with Crippen LogP contribution in [-0.4, -0.2) is 16.5 Å². The Morgan fingerprint density at radius 2 is 1.64 bits per heavy atom. The molecule has 0 aliphatic carbocycles. The third kappa shape index (κ3) is 2.62. The molecule has 66 valence electrons. The van der Waals surface area contributed by atoms with Gasteiger partial charge in [-0.25, -0.2) is 0 Å². The third-order valence-electron chi connectivity index (χ3n) is 1.86. The number of hydrogen-bond donors (Lipinski definition) is 1. The Hall–Kier alpha value is -0.370. The Bertz CT molecular complexity index is 151. The van der Waals surface area contributed by atoms with E-state index in [1.165, 1.54) is 0 Å². The number of carbonyl (C=O) groups is 1. The van der Waals surface area contributed by atoms with Crippen LogP contribution < -0.4 is 0 Å². The second-order valence-corrected chi connectivity index (χ2v) is 4.21. The normalized spacial score (nSPS) is 17.6. The average molecular weight is 158 g/mol. The number of Topliss-reactive ketones (excluding diaryl/α,β-unsaturated/α-hetero) is 1. The fraction of sp³-hybridized carbons (Fsp3) is 0.889. The summed E-state index contributed by atoms with van der Waals surface area (Å²) in [6.07, 6.45) is 0.475. The number of ketones is 1. The first-order valence-electron chi connectivity index (χ1n) is 3.99. The molecule has 11 heavy (non-hydrogen) atoms. The van der Waals surface area contributed by atoms with Gasteiger partial charge >= 0.3 is 0 Å². The van der Waals surface area contributed by atoms with Gasteiger partial charge in [0.2, 0.25) is 0 Å². The molecule has 0 aliphatic rings. The molecule has 0 bridgehead atoms. The van der Waals surface area contributed by atoms with E-state index < -0.39 is 11.0 Å². The van der Waals surface area contributed by atoms with Crippen molar-refractivity contribution in [1.82, 2.24) is 0 Å². The van der Waals surface area contributed by atoms with E-state index in [-0.39, 0.29) is 5.78 Å². The smallest absolute Gasteiger partial charge is 0.169 e. The first kappa shape index (κ1) is 10.6. The highest BCUT2D eigenvalue weighted by molar-refractivity contribution is 5.90. The fourth-order valence-corrected chi connectivity index (χ4v) is 0.968. The van der Waals surface area contributed by atoms with Crippen LogP contribution in [0.5, 0.6) is 0 Å². The summed E-state index contributed by atoms with van der Waals surface area (Å²) in [6, 6.07) is 0. The minimum absolute atomic E-state index is 0.0903. The standard InChI is InChI=1S/C9H18O2/c1-6-9(5,11)7(10)8(2,3)4/h11H,6H2,1-5H3. The maximum Gasteiger partial charge on any atom is 0.169 e.